The zero-order valence-corrected chi connectivity index (χ0v) is 15.9. The number of aryl methyl sites for hydroxylation is 2. The van der Waals surface area contributed by atoms with Crippen LogP contribution in [0.15, 0.2) is 36.5 Å². The Labute approximate surface area is 162 Å². The molecule has 1 saturated heterocycles. The van der Waals surface area contributed by atoms with Gasteiger partial charge in [-0.15, -0.1) is 5.10 Å². The molecule has 0 aliphatic carbocycles. The van der Waals surface area contributed by atoms with E-state index in [0.29, 0.717) is 5.69 Å². The number of nitrogens with one attached hydrogen (secondary N) is 2. The van der Waals surface area contributed by atoms with E-state index in [1.165, 1.54) is 17.5 Å². The monoisotopic (exact) mass is 378 g/mol. The zero-order valence-electron chi connectivity index (χ0n) is 15.9. The Kier molecular flexibility index (Phi) is 4.88. The summed E-state index contributed by atoms with van der Waals surface area (Å²) in [6.45, 7) is 3.98. The van der Waals surface area contributed by atoms with Crippen molar-refractivity contribution in [2.24, 2.45) is 7.05 Å². The second kappa shape index (κ2) is 7.63. The molecule has 3 heterocycles. The predicted octanol–water partition coefficient (Wildman–Crippen LogP) is 2.51. The highest BCUT2D eigenvalue weighted by Crippen LogP contribution is 2.22. The minimum absolute atomic E-state index is 0.274. The molecule has 9 nitrogen and oxygen atoms in total. The molecule has 1 aliphatic heterocycles. The molecular formula is C19H22N8O. The minimum Gasteiger partial charge on any atom is -0.341 e. The largest absolute Gasteiger partial charge is 0.341 e. The van der Waals surface area contributed by atoms with Crippen LogP contribution in [0.2, 0.25) is 0 Å². The Balaban J connectivity index is 1.43. The molecule has 0 atom stereocenters. The van der Waals surface area contributed by atoms with E-state index in [9.17, 15) is 4.79 Å². The number of carbonyl (C=O) groups is 1. The lowest BCUT2D eigenvalue weighted by atomic mass is 10.2. The van der Waals surface area contributed by atoms with E-state index in [0.717, 1.165) is 36.2 Å². The number of carbonyl (C=O) groups excluding carboxylic acids is 1. The van der Waals surface area contributed by atoms with Gasteiger partial charge in [-0.05, 0) is 44.0 Å². The van der Waals surface area contributed by atoms with Crippen LogP contribution in [0.5, 0.6) is 0 Å². The summed E-state index contributed by atoms with van der Waals surface area (Å²) >= 11 is 0. The molecule has 1 aromatic carbocycles. The average molecular weight is 378 g/mol. The summed E-state index contributed by atoms with van der Waals surface area (Å²) in [5.41, 5.74) is 2.75. The third-order valence-electron chi connectivity index (χ3n) is 4.48. The number of benzene rings is 1. The molecule has 2 N–H and O–H groups in total. The number of hydrogen-bond donors (Lipinski definition) is 2. The summed E-state index contributed by atoms with van der Waals surface area (Å²) in [6, 6.07) is 9.35. The van der Waals surface area contributed by atoms with E-state index in [2.05, 4.69) is 35.8 Å². The maximum Gasteiger partial charge on any atom is 0.277 e. The molecule has 9 heteroatoms. The lowest BCUT2D eigenvalue weighted by Crippen LogP contribution is -2.21. The van der Waals surface area contributed by atoms with Gasteiger partial charge in [-0.25, -0.2) is 4.98 Å². The summed E-state index contributed by atoms with van der Waals surface area (Å²) in [5, 5.41) is 13.7. The van der Waals surface area contributed by atoms with Crippen molar-refractivity contribution < 1.29 is 4.79 Å². The van der Waals surface area contributed by atoms with Crippen LogP contribution >= 0.6 is 0 Å². The molecule has 1 fully saturated rings. The topological polar surface area (TPSA) is 101 Å². The maximum atomic E-state index is 12.1. The third-order valence-corrected chi connectivity index (χ3v) is 4.48. The molecule has 0 radical (unpaired) electrons. The summed E-state index contributed by atoms with van der Waals surface area (Å²) in [5.74, 6) is 1.23. The highest BCUT2D eigenvalue weighted by atomic mass is 16.2. The number of rotatable bonds is 5. The van der Waals surface area contributed by atoms with Crippen molar-refractivity contribution in [1.29, 1.82) is 0 Å². The van der Waals surface area contributed by atoms with Crippen LogP contribution in [0.1, 0.15) is 29.0 Å². The SMILES string of the molecule is Cc1cc(Nc2ccc(NC(=O)c3cn(C)nn3)cc2)nc(N2CCCC2)n1. The van der Waals surface area contributed by atoms with Crippen LogP contribution in [-0.2, 0) is 7.05 Å². The van der Waals surface area contributed by atoms with Gasteiger partial charge in [0.15, 0.2) is 5.69 Å². The molecule has 4 rings (SSSR count). The van der Waals surface area contributed by atoms with E-state index in [1.54, 1.807) is 13.2 Å². The van der Waals surface area contributed by atoms with Crippen LogP contribution < -0.4 is 15.5 Å². The zero-order chi connectivity index (χ0) is 19.5. The van der Waals surface area contributed by atoms with Crippen LogP contribution in [0, 0.1) is 6.92 Å². The molecule has 0 bridgehead atoms. The molecule has 0 unspecified atom stereocenters. The van der Waals surface area contributed by atoms with Crippen LogP contribution in [-0.4, -0.2) is 44.0 Å². The predicted molar refractivity (Wildman–Crippen MR) is 107 cm³/mol. The van der Waals surface area contributed by atoms with Crippen molar-refractivity contribution in [2.75, 3.05) is 28.6 Å². The van der Waals surface area contributed by atoms with E-state index in [-0.39, 0.29) is 11.6 Å². The van der Waals surface area contributed by atoms with E-state index in [4.69, 9.17) is 0 Å². The van der Waals surface area contributed by atoms with E-state index < -0.39 is 0 Å². The second-order valence-corrected chi connectivity index (χ2v) is 6.82. The van der Waals surface area contributed by atoms with Gasteiger partial charge < -0.3 is 15.5 Å². The van der Waals surface area contributed by atoms with Crippen molar-refractivity contribution in [2.45, 2.75) is 19.8 Å². The summed E-state index contributed by atoms with van der Waals surface area (Å²) < 4.78 is 1.49. The fourth-order valence-electron chi connectivity index (χ4n) is 3.11. The van der Waals surface area contributed by atoms with Gasteiger partial charge in [-0.3, -0.25) is 9.48 Å². The first-order valence-electron chi connectivity index (χ1n) is 9.22. The molecule has 1 amide bonds. The Morgan fingerprint density at radius 1 is 1.07 bits per heavy atom. The number of amides is 1. The highest BCUT2D eigenvalue weighted by Gasteiger charge is 2.16. The maximum absolute atomic E-state index is 12.1. The average Bonchev–Trinajstić information content (AvgIpc) is 3.35. The molecule has 2 aromatic heterocycles. The summed E-state index contributed by atoms with van der Waals surface area (Å²) in [4.78, 5) is 23.5. The number of anilines is 4. The van der Waals surface area contributed by atoms with Gasteiger partial charge in [0.25, 0.3) is 5.91 Å². The first kappa shape index (κ1) is 17.9. The van der Waals surface area contributed by atoms with E-state index >= 15 is 0 Å². The van der Waals surface area contributed by atoms with Gasteiger partial charge in [-0.2, -0.15) is 4.98 Å². The molecule has 1 aliphatic rings. The van der Waals surface area contributed by atoms with Gasteiger partial charge in [0.2, 0.25) is 5.95 Å². The Morgan fingerprint density at radius 3 is 2.46 bits per heavy atom. The Bertz CT molecular complexity index is 976. The smallest absolute Gasteiger partial charge is 0.277 e. The quantitative estimate of drug-likeness (QED) is 0.703. The fourth-order valence-corrected chi connectivity index (χ4v) is 3.11. The normalized spacial score (nSPS) is 13.6. The van der Waals surface area contributed by atoms with Crippen molar-refractivity contribution in [3.8, 4) is 0 Å². The van der Waals surface area contributed by atoms with Gasteiger partial charge in [-0.1, -0.05) is 5.21 Å². The Hall–Kier alpha value is -3.49. The third kappa shape index (κ3) is 4.08. The Morgan fingerprint density at radius 2 is 1.79 bits per heavy atom. The molecular weight excluding hydrogens is 356 g/mol. The number of nitrogens with zero attached hydrogens (tertiary/aromatic N) is 6. The summed E-state index contributed by atoms with van der Waals surface area (Å²) in [7, 11) is 1.72. The van der Waals surface area contributed by atoms with Crippen LogP contribution in [0.3, 0.4) is 0 Å². The standard InChI is InChI=1S/C19H22N8O/c1-13-11-17(23-19(20-13)27-9-3-4-10-27)21-14-5-7-15(8-6-14)22-18(28)16-12-26(2)25-24-16/h5-8,11-12H,3-4,9-10H2,1-2H3,(H,22,28)(H,20,21,23). The second-order valence-electron chi connectivity index (χ2n) is 6.82. The molecule has 0 spiro atoms. The van der Waals surface area contributed by atoms with Crippen molar-refractivity contribution in [3.63, 3.8) is 0 Å². The molecule has 3 aromatic rings. The molecule has 144 valence electrons. The summed E-state index contributed by atoms with van der Waals surface area (Å²) in [6.07, 6.45) is 3.93. The number of hydrogen-bond acceptors (Lipinski definition) is 7. The minimum atomic E-state index is -0.296. The first-order chi connectivity index (χ1) is 13.6. The highest BCUT2D eigenvalue weighted by molar-refractivity contribution is 6.02. The van der Waals surface area contributed by atoms with Crippen molar-refractivity contribution in [3.05, 3.63) is 47.9 Å². The van der Waals surface area contributed by atoms with Crippen LogP contribution in [0.4, 0.5) is 23.1 Å². The molecule has 28 heavy (non-hydrogen) atoms. The van der Waals surface area contributed by atoms with Gasteiger partial charge >= 0.3 is 0 Å². The van der Waals surface area contributed by atoms with Gasteiger partial charge in [0.05, 0.1) is 6.20 Å². The van der Waals surface area contributed by atoms with Crippen molar-refractivity contribution >= 4 is 29.0 Å². The molecule has 0 saturated carbocycles. The lowest BCUT2D eigenvalue weighted by molar-refractivity contribution is 0.102. The van der Waals surface area contributed by atoms with Gasteiger partial charge in [0.1, 0.15) is 5.82 Å². The van der Waals surface area contributed by atoms with Gasteiger partial charge in [0, 0.05) is 43.3 Å². The lowest BCUT2D eigenvalue weighted by Gasteiger charge is -2.17. The number of aromatic nitrogens is 5. The fraction of sp³-hybridized carbons (Fsp3) is 0.316. The first-order valence-corrected chi connectivity index (χ1v) is 9.22. The van der Waals surface area contributed by atoms with Crippen molar-refractivity contribution in [1.82, 2.24) is 25.0 Å². The van der Waals surface area contributed by atoms with E-state index in [1.807, 2.05) is 37.3 Å². The van der Waals surface area contributed by atoms with Crippen LogP contribution in [0.25, 0.3) is 0 Å².